The van der Waals surface area contributed by atoms with Crippen LogP contribution in [0.3, 0.4) is 0 Å². The summed E-state index contributed by atoms with van der Waals surface area (Å²) in [5.74, 6) is -5.13. The molecular weight excluding hydrogens is 1490 g/mol. The Hall–Kier alpha value is -11.2. The van der Waals surface area contributed by atoms with Crippen LogP contribution < -0.4 is 9.47 Å². The summed E-state index contributed by atoms with van der Waals surface area (Å²) in [6, 6.07) is 23.2. The van der Waals surface area contributed by atoms with Crippen molar-refractivity contribution in [2.45, 2.75) is 0 Å². The molecule has 84 heavy (non-hydrogen) atoms. The van der Waals surface area contributed by atoms with Crippen LogP contribution >= 0.6 is 24.4 Å². The van der Waals surface area contributed by atoms with Gasteiger partial charge < -0.3 is 74.6 Å². The zero-order valence-electron chi connectivity index (χ0n) is 42.0. The van der Waals surface area contributed by atoms with Crippen molar-refractivity contribution in [3.8, 4) is 34.3 Å². The number of carboxylic acids is 6. The number of aromatic nitrogens is 8. The third-order valence-corrected chi connectivity index (χ3v) is 8.08. The van der Waals surface area contributed by atoms with Crippen molar-refractivity contribution in [3.63, 3.8) is 0 Å². The van der Waals surface area contributed by atoms with E-state index in [1.807, 2.05) is 0 Å². The number of hydrogen-bond donors (Lipinski definition) is 6. The molecule has 0 aliphatic heterocycles. The number of carboxylic acid groups (broad SMARTS) is 6. The molecular formula is C52H36N12O16Os2S2. The second kappa shape index (κ2) is 50.1. The van der Waals surface area contributed by atoms with Crippen LogP contribution in [0.2, 0.25) is 0 Å². The van der Waals surface area contributed by atoms with Crippen molar-refractivity contribution in [2.24, 2.45) is 0 Å². The van der Waals surface area contributed by atoms with Gasteiger partial charge in [-0.2, -0.15) is 10.3 Å². The first-order chi connectivity index (χ1) is 39.5. The van der Waals surface area contributed by atoms with Crippen molar-refractivity contribution in [2.75, 3.05) is 0 Å². The zero-order valence-corrected chi connectivity index (χ0v) is 48.7. The molecule has 0 fully saturated rings. The molecule has 0 radical (unpaired) electrons. The molecule has 0 bridgehead atoms. The standard InChI is InChI=1S/2C12H8N2O4.4C6H5NO2.2CNS.2CN.2Os/c2*15-7-18-9-2-4-14-11(6-9)10-5-8(12(16)17)1-3-13-10;4*8-6(9)5-1-3-7-4-2-5;2*2-1-3;2*1-2;;/h2*1-7H,(H,16,17);4*1-4H,(H,8,9);;;;;;/q;;;;;;4*-1;2*+2. The van der Waals surface area contributed by atoms with Crippen LogP contribution in [0.1, 0.15) is 62.1 Å². The van der Waals surface area contributed by atoms with Gasteiger partial charge in [-0.25, -0.2) is 28.8 Å². The fourth-order valence-corrected chi connectivity index (χ4v) is 4.75. The van der Waals surface area contributed by atoms with Gasteiger partial charge in [0.05, 0.1) is 56.2 Å². The SMILES string of the molecule is O=C(O)c1ccncc1.O=C(O)c1ccncc1.O=C(O)c1ccncc1.O=C(O)c1ccncc1.O=COc1ccnc(-c2cc(C(=O)O)ccn2)c1.O=COc1ccnc(-c2cc(C(=O)O)ccn2)c1.[C-]#N.[C-]#N.[N-]=C=S.[N-]=C=S.[Os+2].[Os+2]. The van der Waals surface area contributed by atoms with E-state index >= 15 is 0 Å². The zero-order chi connectivity index (χ0) is 62.1. The van der Waals surface area contributed by atoms with E-state index in [-0.39, 0.29) is 73.0 Å². The van der Waals surface area contributed by atoms with E-state index in [4.69, 9.17) is 65.1 Å². The van der Waals surface area contributed by atoms with Crippen LogP contribution in [-0.4, -0.2) is 130 Å². The number of carbonyl (C=O) groups is 8. The fraction of sp³-hybridized carbons (Fsp3) is 0. The van der Waals surface area contributed by atoms with E-state index < -0.39 is 35.8 Å². The van der Waals surface area contributed by atoms with E-state index in [0.29, 0.717) is 47.2 Å². The minimum atomic E-state index is -1.04. The summed E-state index contributed by atoms with van der Waals surface area (Å²) < 4.78 is 9.36. The van der Waals surface area contributed by atoms with Crippen molar-refractivity contribution >= 4 is 83.5 Å². The summed E-state index contributed by atoms with van der Waals surface area (Å²) in [4.78, 5) is 114. The van der Waals surface area contributed by atoms with Gasteiger partial charge in [-0.3, -0.25) is 49.5 Å². The number of nitrogens with zero attached hydrogens (tertiary/aromatic N) is 12. The molecule has 0 aliphatic carbocycles. The third-order valence-electron chi connectivity index (χ3n) is 8.08. The first kappa shape index (κ1) is 79.3. The molecule has 0 saturated carbocycles. The molecule has 8 rings (SSSR count). The number of aromatic carboxylic acids is 6. The third kappa shape index (κ3) is 35.3. The quantitative estimate of drug-likeness (QED) is 0.0300. The summed E-state index contributed by atoms with van der Waals surface area (Å²) in [6.07, 6.45) is 17.2. The monoisotopic (exact) mass is 1530 g/mol. The van der Waals surface area contributed by atoms with Gasteiger partial charge in [-0.1, -0.05) is 24.4 Å². The summed E-state index contributed by atoms with van der Waals surface area (Å²) in [7, 11) is 0. The molecule has 0 aliphatic rings. The summed E-state index contributed by atoms with van der Waals surface area (Å²) in [6.45, 7) is 10.1. The Balaban J connectivity index is -0.000000452. The molecule has 0 saturated heterocycles. The molecule has 0 atom stereocenters. The van der Waals surface area contributed by atoms with Crippen molar-refractivity contribution in [1.29, 1.82) is 10.5 Å². The number of isothiocyanates is 2. The van der Waals surface area contributed by atoms with Crippen LogP contribution in [-0.2, 0) is 49.2 Å². The summed E-state index contributed by atoms with van der Waals surface area (Å²) >= 11 is 7.40. The van der Waals surface area contributed by atoms with E-state index in [0.717, 1.165) is 0 Å². The van der Waals surface area contributed by atoms with Crippen molar-refractivity contribution < 1.29 is 118 Å². The Morgan fingerprint density at radius 1 is 0.381 bits per heavy atom. The Morgan fingerprint density at radius 3 is 0.738 bits per heavy atom. The molecule has 428 valence electrons. The van der Waals surface area contributed by atoms with Crippen LogP contribution in [0.15, 0.2) is 171 Å². The van der Waals surface area contributed by atoms with Gasteiger partial charge >= 0.3 is 75.4 Å². The molecule has 0 amide bonds. The van der Waals surface area contributed by atoms with Crippen molar-refractivity contribution in [3.05, 3.63) is 229 Å². The number of pyridine rings is 8. The molecule has 8 aromatic heterocycles. The second-order valence-electron chi connectivity index (χ2n) is 13.0. The van der Waals surface area contributed by atoms with Crippen LogP contribution in [0.4, 0.5) is 0 Å². The Morgan fingerprint density at radius 2 is 0.560 bits per heavy atom. The second-order valence-corrected chi connectivity index (χ2v) is 13.4. The molecule has 6 N–H and O–H groups in total. The average molecular weight is 1530 g/mol. The van der Waals surface area contributed by atoms with Gasteiger partial charge in [0.25, 0.3) is 12.9 Å². The topological polar surface area (TPSA) is 472 Å². The molecule has 28 nitrogen and oxygen atoms in total. The minimum absolute atomic E-state index is 0. The van der Waals surface area contributed by atoms with E-state index in [2.05, 4.69) is 73.8 Å². The van der Waals surface area contributed by atoms with E-state index in [9.17, 15) is 38.4 Å². The maximum Gasteiger partial charge on any atom is 2.00 e. The van der Waals surface area contributed by atoms with Crippen molar-refractivity contribution in [1.82, 2.24) is 39.9 Å². The van der Waals surface area contributed by atoms with Crippen LogP contribution in [0.25, 0.3) is 33.6 Å². The number of ether oxygens (including phenoxy) is 2. The van der Waals surface area contributed by atoms with Gasteiger partial charge in [0.1, 0.15) is 11.5 Å². The Kier molecular flexibility index (Phi) is 47.3. The van der Waals surface area contributed by atoms with Gasteiger partial charge in [0, 0.05) is 86.5 Å². The van der Waals surface area contributed by atoms with Crippen LogP contribution in [0, 0.1) is 23.7 Å². The molecule has 0 spiro atoms. The predicted molar refractivity (Wildman–Crippen MR) is 289 cm³/mol. The van der Waals surface area contributed by atoms with Gasteiger partial charge in [-0.05, 0) is 84.9 Å². The normalized spacial score (nSPS) is 8.24. The van der Waals surface area contributed by atoms with Crippen LogP contribution in [0.5, 0.6) is 11.5 Å². The number of carbonyl (C=O) groups excluding carboxylic acids is 2. The molecule has 32 heteroatoms. The largest absolute Gasteiger partial charge is 2.00 e. The molecule has 8 heterocycles. The fourth-order valence-electron chi connectivity index (χ4n) is 4.75. The van der Waals surface area contributed by atoms with E-state index in [1.165, 1.54) is 182 Å². The first-order valence-corrected chi connectivity index (χ1v) is 21.8. The average Bonchev–Trinajstić information content (AvgIpc) is 3.54. The summed E-state index contributed by atoms with van der Waals surface area (Å²) in [5, 5.41) is 80.6. The first-order valence-electron chi connectivity index (χ1n) is 21.0. The van der Waals surface area contributed by atoms with Gasteiger partial charge in [-0.15, -0.1) is 0 Å². The molecule has 8 aromatic rings. The number of hydrogen-bond acceptors (Lipinski definition) is 22. The minimum Gasteiger partial charge on any atom is -0.753 e. The Labute approximate surface area is 512 Å². The number of thiocarbonyl (C=S) groups is 2. The maximum atomic E-state index is 10.8. The molecule has 0 unspecified atom stereocenters. The van der Waals surface area contributed by atoms with Gasteiger partial charge in [0.2, 0.25) is 0 Å². The van der Waals surface area contributed by atoms with E-state index in [1.54, 1.807) is 0 Å². The van der Waals surface area contributed by atoms with Gasteiger partial charge in [0.15, 0.2) is 0 Å². The predicted octanol–water partition coefficient (Wildman–Crippen LogP) is 7.38. The number of rotatable bonds is 12. The Bertz CT molecular complexity index is 3070. The molecule has 0 aromatic carbocycles. The summed E-state index contributed by atoms with van der Waals surface area (Å²) in [5.41, 5.74) is 2.95. The smallest absolute Gasteiger partial charge is 0.753 e. The maximum absolute atomic E-state index is 10.8.